The summed E-state index contributed by atoms with van der Waals surface area (Å²) in [4.78, 5) is 19.8. The molecule has 0 atom stereocenters. The summed E-state index contributed by atoms with van der Waals surface area (Å²) in [6.07, 6.45) is 0. The van der Waals surface area contributed by atoms with E-state index in [0.29, 0.717) is 0 Å². The molecule has 0 bridgehead atoms. The van der Waals surface area contributed by atoms with E-state index in [1.54, 1.807) is 19.2 Å². The minimum absolute atomic E-state index is 0.0417. The molecule has 0 amide bonds. The summed E-state index contributed by atoms with van der Waals surface area (Å²) < 4.78 is 0. The van der Waals surface area contributed by atoms with Gasteiger partial charge in [-0.2, -0.15) is 0 Å². The molecular weight excluding hydrogens is 214 g/mol. The van der Waals surface area contributed by atoms with Crippen LogP contribution in [0.3, 0.4) is 0 Å². The summed E-state index contributed by atoms with van der Waals surface area (Å²) in [5.41, 5.74) is -0.0671. The van der Waals surface area contributed by atoms with Crippen LogP contribution in [0.15, 0.2) is 24.3 Å². The summed E-state index contributed by atoms with van der Waals surface area (Å²) in [6, 6.07) is 5.81. The maximum Gasteiger partial charge on any atom is 0.339 e. The molecule has 0 saturated heterocycles. The van der Waals surface area contributed by atoms with Crippen molar-refractivity contribution in [2.24, 2.45) is 0 Å². The van der Waals surface area contributed by atoms with Gasteiger partial charge in [-0.3, -0.25) is 4.79 Å². The molecular formula is C10H13NO5. The summed E-state index contributed by atoms with van der Waals surface area (Å²) in [7, 11) is 1.59. The first kappa shape index (κ1) is 13.9. The molecule has 0 fully saturated rings. The van der Waals surface area contributed by atoms with Crippen LogP contribution in [0.2, 0.25) is 0 Å². The van der Waals surface area contributed by atoms with Crippen molar-refractivity contribution in [2.75, 3.05) is 13.6 Å². The third-order valence-electron chi connectivity index (χ3n) is 1.46. The Labute approximate surface area is 92.2 Å². The Balaban J connectivity index is 0.000000325. The highest BCUT2D eigenvalue weighted by Gasteiger charge is 2.05. The van der Waals surface area contributed by atoms with Crippen LogP contribution in [-0.4, -0.2) is 40.9 Å². The topological polar surface area (TPSA) is 107 Å². The van der Waals surface area contributed by atoms with Gasteiger partial charge in [-0.25, -0.2) is 4.79 Å². The van der Waals surface area contributed by atoms with Gasteiger partial charge in [0.2, 0.25) is 0 Å². The molecule has 1 rings (SSSR count). The van der Waals surface area contributed by atoms with Crippen LogP contribution in [0.1, 0.15) is 10.4 Å². The van der Waals surface area contributed by atoms with Gasteiger partial charge in [0.05, 0.1) is 6.54 Å². The second kappa shape index (κ2) is 7.24. The monoisotopic (exact) mass is 227 g/mol. The van der Waals surface area contributed by atoms with Crippen molar-refractivity contribution in [1.29, 1.82) is 0 Å². The number of rotatable bonds is 3. The number of hydrogen-bond acceptors (Lipinski definition) is 4. The van der Waals surface area contributed by atoms with E-state index in [1.807, 2.05) is 0 Å². The molecule has 0 spiro atoms. The fourth-order valence-electron chi connectivity index (χ4n) is 0.806. The third-order valence-corrected chi connectivity index (χ3v) is 1.46. The van der Waals surface area contributed by atoms with Gasteiger partial charge in [0, 0.05) is 0 Å². The molecule has 0 radical (unpaired) electrons. The quantitative estimate of drug-likeness (QED) is 0.594. The molecule has 0 aromatic heterocycles. The smallest absolute Gasteiger partial charge is 0.339 e. The van der Waals surface area contributed by atoms with E-state index >= 15 is 0 Å². The lowest BCUT2D eigenvalue weighted by atomic mass is 10.2. The first-order valence-electron chi connectivity index (χ1n) is 4.36. The zero-order valence-corrected chi connectivity index (χ0v) is 8.67. The Morgan fingerprint density at radius 2 is 1.81 bits per heavy atom. The maximum atomic E-state index is 10.3. The zero-order chi connectivity index (χ0) is 12.6. The first-order chi connectivity index (χ1) is 7.49. The van der Waals surface area contributed by atoms with Crippen LogP contribution in [-0.2, 0) is 4.79 Å². The third kappa shape index (κ3) is 5.61. The zero-order valence-electron chi connectivity index (χ0n) is 8.67. The number of aromatic hydroxyl groups is 1. The van der Waals surface area contributed by atoms with Gasteiger partial charge in [-0.05, 0) is 19.2 Å². The molecule has 6 heteroatoms. The van der Waals surface area contributed by atoms with E-state index in [2.05, 4.69) is 5.32 Å². The molecule has 88 valence electrons. The van der Waals surface area contributed by atoms with Crippen molar-refractivity contribution in [3.63, 3.8) is 0 Å². The second-order valence-corrected chi connectivity index (χ2v) is 2.75. The van der Waals surface area contributed by atoms with Crippen LogP contribution in [0.25, 0.3) is 0 Å². The molecule has 6 nitrogen and oxygen atoms in total. The molecule has 1 aromatic carbocycles. The number of benzene rings is 1. The molecule has 16 heavy (non-hydrogen) atoms. The minimum Gasteiger partial charge on any atom is -0.507 e. The number of nitrogens with one attached hydrogen (secondary N) is 1. The van der Waals surface area contributed by atoms with Gasteiger partial charge in [-0.1, -0.05) is 12.1 Å². The molecule has 0 saturated carbocycles. The Kier molecular flexibility index (Phi) is 6.30. The number of carboxylic acids is 2. The predicted octanol–water partition coefficient (Wildman–Crippen LogP) is 0.381. The predicted molar refractivity (Wildman–Crippen MR) is 56.6 cm³/mol. The summed E-state index contributed by atoms with van der Waals surface area (Å²) in [5.74, 6) is -2.13. The molecule has 4 N–H and O–H groups in total. The van der Waals surface area contributed by atoms with E-state index in [1.165, 1.54) is 12.1 Å². The van der Waals surface area contributed by atoms with Crippen LogP contribution in [0.5, 0.6) is 5.75 Å². The Morgan fingerprint density at radius 1 is 1.25 bits per heavy atom. The molecule has 0 aliphatic heterocycles. The fraction of sp³-hybridized carbons (Fsp3) is 0.200. The van der Waals surface area contributed by atoms with Gasteiger partial charge in [-0.15, -0.1) is 0 Å². The minimum atomic E-state index is -1.11. The van der Waals surface area contributed by atoms with E-state index in [-0.39, 0.29) is 17.9 Å². The molecule has 0 heterocycles. The maximum absolute atomic E-state index is 10.3. The SMILES string of the molecule is CNCC(=O)O.O=C(O)c1ccccc1O. The average Bonchev–Trinajstić information content (AvgIpc) is 2.18. The first-order valence-corrected chi connectivity index (χ1v) is 4.36. The number of carboxylic acid groups (broad SMARTS) is 2. The van der Waals surface area contributed by atoms with E-state index in [4.69, 9.17) is 15.3 Å². The number of likely N-dealkylation sites (N-methyl/N-ethyl adjacent to an activating group) is 1. The van der Waals surface area contributed by atoms with Crippen molar-refractivity contribution in [1.82, 2.24) is 5.32 Å². The highest BCUT2D eigenvalue weighted by molar-refractivity contribution is 5.90. The van der Waals surface area contributed by atoms with Crippen LogP contribution < -0.4 is 5.32 Å². The van der Waals surface area contributed by atoms with E-state index < -0.39 is 11.9 Å². The Hall–Kier alpha value is -2.08. The summed E-state index contributed by atoms with van der Waals surface area (Å²) in [6.45, 7) is 0.0417. The molecule has 1 aromatic rings. The van der Waals surface area contributed by atoms with Crippen LogP contribution in [0.4, 0.5) is 0 Å². The molecule has 0 aliphatic rings. The van der Waals surface area contributed by atoms with Gasteiger partial charge in [0.25, 0.3) is 0 Å². The lowest BCUT2D eigenvalue weighted by Crippen LogP contribution is -2.16. The van der Waals surface area contributed by atoms with Crippen LogP contribution in [0, 0.1) is 0 Å². The standard InChI is InChI=1S/C7H6O3.C3H7NO2/c8-6-4-2-1-3-5(6)7(9)10;1-4-2-3(5)6/h1-4,8H,(H,9,10);4H,2H2,1H3,(H,5,6). The number of hydrogen-bond donors (Lipinski definition) is 4. The van der Waals surface area contributed by atoms with Crippen molar-refractivity contribution in [2.45, 2.75) is 0 Å². The number of aromatic carboxylic acids is 1. The highest BCUT2D eigenvalue weighted by atomic mass is 16.4. The normalized spacial score (nSPS) is 8.81. The highest BCUT2D eigenvalue weighted by Crippen LogP contribution is 2.14. The fourth-order valence-corrected chi connectivity index (χ4v) is 0.806. The largest absolute Gasteiger partial charge is 0.507 e. The number of phenols is 1. The lowest BCUT2D eigenvalue weighted by Gasteiger charge is -1.95. The number of carbonyl (C=O) groups is 2. The summed E-state index contributed by atoms with van der Waals surface area (Å²) in [5, 5.41) is 27.6. The number of aliphatic carboxylic acids is 1. The van der Waals surface area contributed by atoms with Crippen molar-refractivity contribution in [3.05, 3.63) is 29.8 Å². The van der Waals surface area contributed by atoms with Gasteiger partial charge in [0.15, 0.2) is 0 Å². The Morgan fingerprint density at radius 3 is 2.06 bits per heavy atom. The van der Waals surface area contributed by atoms with Crippen LogP contribution >= 0.6 is 0 Å². The molecule has 0 aliphatic carbocycles. The van der Waals surface area contributed by atoms with E-state index in [0.717, 1.165) is 0 Å². The van der Waals surface area contributed by atoms with Crippen molar-refractivity contribution in [3.8, 4) is 5.75 Å². The van der Waals surface area contributed by atoms with Crippen molar-refractivity contribution >= 4 is 11.9 Å². The van der Waals surface area contributed by atoms with Crippen molar-refractivity contribution < 1.29 is 24.9 Å². The van der Waals surface area contributed by atoms with Gasteiger partial charge >= 0.3 is 11.9 Å². The van der Waals surface area contributed by atoms with E-state index in [9.17, 15) is 9.59 Å². The number of para-hydroxylation sites is 1. The second-order valence-electron chi connectivity index (χ2n) is 2.75. The van der Waals surface area contributed by atoms with Gasteiger partial charge in [0.1, 0.15) is 11.3 Å². The average molecular weight is 227 g/mol. The lowest BCUT2D eigenvalue weighted by molar-refractivity contribution is -0.135. The Bertz CT molecular complexity index is 364. The van der Waals surface area contributed by atoms with Gasteiger partial charge < -0.3 is 20.6 Å². The summed E-state index contributed by atoms with van der Waals surface area (Å²) >= 11 is 0. The molecule has 0 unspecified atom stereocenters.